The second kappa shape index (κ2) is 7.90. The molecular weight excluding hydrogens is 394 g/mol. The van der Waals surface area contributed by atoms with Crippen LogP contribution in [0.5, 0.6) is 11.5 Å². The molecule has 1 aliphatic heterocycles. The Kier molecular flexibility index (Phi) is 5.61. The smallest absolute Gasteiger partial charge is 0.343 e. The Hall–Kier alpha value is -2.35. The van der Waals surface area contributed by atoms with Gasteiger partial charge < -0.3 is 14.8 Å². The van der Waals surface area contributed by atoms with Gasteiger partial charge in [-0.1, -0.05) is 41.6 Å². The van der Waals surface area contributed by atoms with Crippen LogP contribution in [0.4, 0.5) is 0 Å². The summed E-state index contributed by atoms with van der Waals surface area (Å²) in [4.78, 5) is 24.5. The van der Waals surface area contributed by atoms with Crippen LogP contribution in [0.2, 0.25) is 5.02 Å². The fourth-order valence-corrected chi connectivity index (χ4v) is 3.35. The van der Waals surface area contributed by atoms with Gasteiger partial charge in [-0.15, -0.1) is 0 Å². The lowest BCUT2D eigenvalue weighted by molar-refractivity contribution is -0.115. The first-order valence-electron chi connectivity index (χ1n) is 7.37. The summed E-state index contributed by atoms with van der Waals surface area (Å²) in [7, 11) is 1.47. The van der Waals surface area contributed by atoms with E-state index in [2.05, 4.69) is 5.32 Å². The number of thiocarbonyl (C=S) groups is 1. The van der Waals surface area contributed by atoms with Gasteiger partial charge in [0, 0.05) is 5.02 Å². The fourth-order valence-electron chi connectivity index (χ4n) is 2.18. The van der Waals surface area contributed by atoms with E-state index in [1.165, 1.54) is 18.9 Å². The average molecular weight is 406 g/mol. The number of hydrogen-bond donors (Lipinski definition) is 1. The summed E-state index contributed by atoms with van der Waals surface area (Å²) in [5, 5.41) is 3.08. The molecular formula is C18H12ClNO4S2. The molecule has 1 amide bonds. The third-order valence-electron chi connectivity index (χ3n) is 3.41. The maximum atomic E-state index is 12.2. The predicted octanol–water partition coefficient (Wildman–Crippen LogP) is 4.06. The van der Waals surface area contributed by atoms with Crippen LogP contribution in [0.1, 0.15) is 15.9 Å². The van der Waals surface area contributed by atoms with Gasteiger partial charge in [-0.3, -0.25) is 4.79 Å². The highest BCUT2D eigenvalue weighted by Gasteiger charge is 2.22. The molecule has 0 saturated carbocycles. The molecule has 3 rings (SSSR count). The van der Waals surface area contributed by atoms with Crippen LogP contribution in [0.15, 0.2) is 47.4 Å². The van der Waals surface area contributed by atoms with E-state index in [-0.39, 0.29) is 11.7 Å². The second-order valence-corrected chi connectivity index (χ2v) is 7.31. The van der Waals surface area contributed by atoms with Crippen molar-refractivity contribution in [3.8, 4) is 11.5 Å². The zero-order valence-corrected chi connectivity index (χ0v) is 15.8. The summed E-state index contributed by atoms with van der Waals surface area (Å²) in [6.07, 6.45) is 1.69. The lowest BCUT2D eigenvalue weighted by atomic mass is 10.2. The van der Waals surface area contributed by atoms with E-state index < -0.39 is 5.97 Å². The van der Waals surface area contributed by atoms with E-state index in [1.54, 1.807) is 48.5 Å². The van der Waals surface area contributed by atoms with E-state index in [0.29, 0.717) is 25.6 Å². The van der Waals surface area contributed by atoms with E-state index in [9.17, 15) is 9.59 Å². The van der Waals surface area contributed by atoms with Crippen molar-refractivity contribution in [2.75, 3.05) is 7.11 Å². The molecule has 0 unspecified atom stereocenters. The highest BCUT2D eigenvalue weighted by Crippen LogP contribution is 2.32. The first-order chi connectivity index (χ1) is 12.5. The van der Waals surface area contributed by atoms with Crippen LogP contribution in [-0.4, -0.2) is 23.3 Å². The van der Waals surface area contributed by atoms with Gasteiger partial charge in [0.25, 0.3) is 5.91 Å². The highest BCUT2D eigenvalue weighted by molar-refractivity contribution is 8.26. The topological polar surface area (TPSA) is 64.6 Å². The molecule has 0 bridgehead atoms. The molecule has 1 fully saturated rings. The number of amides is 1. The van der Waals surface area contributed by atoms with Gasteiger partial charge in [0.2, 0.25) is 0 Å². The van der Waals surface area contributed by atoms with Crippen molar-refractivity contribution >= 4 is 57.9 Å². The van der Waals surface area contributed by atoms with Crippen molar-refractivity contribution in [1.82, 2.24) is 5.32 Å². The quantitative estimate of drug-likeness (QED) is 0.358. The molecule has 0 spiro atoms. The Balaban J connectivity index is 1.82. The van der Waals surface area contributed by atoms with Crippen LogP contribution in [-0.2, 0) is 4.79 Å². The summed E-state index contributed by atoms with van der Waals surface area (Å²) >= 11 is 12.0. The van der Waals surface area contributed by atoms with Gasteiger partial charge in [0.1, 0.15) is 4.32 Å². The van der Waals surface area contributed by atoms with Gasteiger partial charge in [0.05, 0.1) is 17.6 Å². The first-order valence-corrected chi connectivity index (χ1v) is 8.97. The maximum absolute atomic E-state index is 12.2. The van der Waals surface area contributed by atoms with Crippen LogP contribution < -0.4 is 14.8 Å². The normalized spacial score (nSPS) is 15.1. The molecule has 0 radical (unpaired) electrons. The molecule has 1 heterocycles. The highest BCUT2D eigenvalue weighted by atomic mass is 35.5. The molecule has 2 aromatic rings. The fraction of sp³-hybridized carbons (Fsp3) is 0.0556. The Morgan fingerprint density at radius 3 is 2.54 bits per heavy atom. The molecule has 8 heteroatoms. The Bertz CT molecular complexity index is 925. The zero-order valence-electron chi connectivity index (χ0n) is 13.4. The summed E-state index contributed by atoms with van der Waals surface area (Å²) < 4.78 is 11.1. The number of benzene rings is 2. The number of thioether (sulfide) groups is 1. The Morgan fingerprint density at radius 2 is 1.92 bits per heavy atom. The molecule has 1 saturated heterocycles. The molecule has 1 aliphatic rings. The third kappa shape index (κ3) is 4.24. The van der Waals surface area contributed by atoms with Gasteiger partial charge in [-0.25, -0.2) is 4.79 Å². The second-order valence-electron chi connectivity index (χ2n) is 5.16. The van der Waals surface area contributed by atoms with Gasteiger partial charge in [0.15, 0.2) is 11.5 Å². The van der Waals surface area contributed by atoms with Crippen LogP contribution in [0, 0.1) is 0 Å². The summed E-state index contributed by atoms with van der Waals surface area (Å²) in [5.41, 5.74) is 1.09. The maximum Gasteiger partial charge on any atom is 0.343 e. The van der Waals surface area contributed by atoms with Crippen LogP contribution >= 0.6 is 35.6 Å². The Morgan fingerprint density at radius 1 is 1.19 bits per heavy atom. The van der Waals surface area contributed by atoms with E-state index in [0.717, 1.165) is 5.56 Å². The zero-order chi connectivity index (χ0) is 18.7. The van der Waals surface area contributed by atoms with Crippen LogP contribution in [0.25, 0.3) is 6.08 Å². The molecule has 0 atom stereocenters. The average Bonchev–Trinajstić information content (AvgIpc) is 2.93. The minimum Gasteiger partial charge on any atom is -0.493 e. The van der Waals surface area contributed by atoms with Crippen molar-refractivity contribution in [2.24, 2.45) is 0 Å². The third-order valence-corrected chi connectivity index (χ3v) is 4.82. The number of ether oxygens (including phenoxy) is 2. The summed E-state index contributed by atoms with van der Waals surface area (Å²) in [6.45, 7) is 0. The van der Waals surface area contributed by atoms with E-state index in [1.807, 2.05) is 0 Å². The van der Waals surface area contributed by atoms with Crippen LogP contribution in [0.3, 0.4) is 0 Å². The van der Waals surface area contributed by atoms with Crippen molar-refractivity contribution in [2.45, 2.75) is 0 Å². The summed E-state index contributed by atoms with van der Waals surface area (Å²) in [5.74, 6) is -0.124. The number of carbonyl (C=O) groups excluding carboxylic acids is 2. The molecule has 0 aromatic heterocycles. The molecule has 132 valence electrons. The number of halogens is 1. The lowest BCUT2D eigenvalue weighted by Crippen LogP contribution is -2.17. The number of carbonyl (C=O) groups is 2. The SMILES string of the molecule is COc1cc(/C=C2/SC(=S)NC2=O)ccc1OC(=O)c1ccc(Cl)cc1. The standard InChI is InChI=1S/C18H12ClNO4S2/c1-23-14-8-10(9-15-16(21)20-18(25)26-15)2-7-13(14)24-17(22)11-3-5-12(19)6-4-11/h2-9H,1H3,(H,20,21,25)/b15-9+. The number of nitrogens with one attached hydrogen (secondary N) is 1. The van der Waals surface area contributed by atoms with Gasteiger partial charge in [-0.05, 0) is 48.0 Å². The first kappa shape index (κ1) is 18.4. The number of esters is 1. The largest absolute Gasteiger partial charge is 0.493 e. The number of rotatable bonds is 4. The van der Waals surface area contributed by atoms with E-state index >= 15 is 0 Å². The van der Waals surface area contributed by atoms with Crippen molar-refractivity contribution in [3.63, 3.8) is 0 Å². The van der Waals surface area contributed by atoms with Crippen molar-refractivity contribution in [1.29, 1.82) is 0 Å². The molecule has 5 nitrogen and oxygen atoms in total. The van der Waals surface area contributed by atoms with Crippen molar-refractivity contribution in [3.05, 3.63) is 63.5 Å². The minimum atomic E-state index is -0.526. The number of hydrogen-bond acceptors (Lipinski definition) is 6. The summed E-state index contributed by atoms with van der Waals surface area (Å²) in [6, 6.07) is 11.4. The monoisotopic (exact) mass is 405 g/mol. The van der Waals surface area contributed by atoms with Crippen molar-refractivity contribution < 1.29 is 19.1 Å². The molecule has 26 heavy (non-hydrogen) atoms. The van der Waals surface area contributed by atoms with Gasteiger partial charge >= 0.3 is 5.97 Å². The molecule has 2 aromatic carbocycles. The minimum absolute atomic E-state index is 0.239. The predicted molar refractivity (Wildman–Crippen MR) is 106 cm³/mol. The number of methoxy groups -OCH3 is 1. The Labute approximate surface area is 164 Å². The van der Waals surface area contributed by atoms with Gasteiger partial charge in [-0.2, -0.15) is 0 Å². The van der Waals surface area contributed by atoms with E-state index in [4.69, 9.17) is 33.3 Å². The molecule has 1 N–H and O–H groups in total. The lowest BCUT2D eigenvalue weighted by Gasteiger charge is -2.10. The molecule has 0 aliphatic carbocycles.